The van der Waals surface area contributed by atoms with E-state index in [-0.39, 0.29) is 5.92 Å². The highest BCUT2D eigenvalue weighted by Crippen LogP contribution is 2.46. The Bertz CT molecular complexity index is 3080. The van der Waals surface area contributed by atoms with E-state index in [9.17, 15) is 0 Å². The van der Waals surface area contributed by atoms with E-state index in [0.717, 1.165) is 29.8 Å². The molecule has 1 aliphatic heterocycles. The summed E-state index contributed by atoms with van der Waals surface area (Å²) in [6, 6.07) is 65.1. The van der Waals surface area contributed by atoms with Crippen molar-refractivity contribution >= 4 is 85.2 Å². The topological polar surface area (TPSA) is 12.4 Å². The Labute approximate surface area is 340 Å². The Morgan fingerprint density at radius 2 is 1.02 bits per heavy atom. The third kappa shape index (κ3) is 5.93. The lowest BCUT2D eigenvalue weighted by molar-refractivity contribution is 0.481. The van der Waals surface area contributed by atoms with Gasteiger partial charge in [0.05, 0.1) is 5.70 Å². The van der Waals surface area contributed by atoms with Gasteiger partial charge in [0, 0.05) is 57.5 Å². The molecule has 0 fully saturated rings. The molecule has 2 unspecified atom stereocenters. The Morgan fingerprint density at radius 1 is 0.491 bits per heavy atom. The summed E-state index contributed by atoms with van der Waals surface area (Å²) in [5.74, 6) is 0.482. The van der Waals surface area contributed by atoms with Crippen LogP contribution in [0.2, 0.25) is 0 Å². The lowest BCUT2D eigenvalue weighted by atomic mass is 9.78. The summed E-state index contributed by atoms with van der Waals surface area (Å²) in [4.78, 5) is 5.61. The van der Waals surface area contributed by atoms with Gasteiger partial charge >= 0.3 is 0 Å². The molecule has 8 aromatic carbocycles. The van der Waals surface area contributed by atoms with Crippen LogP contribution in [-0.4, -0.2) is 5.71 Å². The van der Waals surface area contributed by atoms with E-state index >= 15 is 0 Å². The Balaban J connectivity index is 1.15. The van der Waals surface area contributed by atoms with E-state index in [2.05, 4.69) is 189 Å². The first-order chi connectivity index (χ1) is 28.2. The van der Waals surface area contributed by atoms with Crippen molar-refractivity contribution in [1.29, 1.82) is 0 Å². The number of rotatable bonds is 6. The average Bonchev–Trinajstić information content (AvgIpc) is 3.78. The van der Waals surface area contributed by atoms with Gasteiger partial charge < -0.3 is 0 Å². The summed E-state index contributed by atoms with van der Waals surface area (Å²) < 4.78 is 5.35. The fourth-order valence-corrected chi connectivity index (χ4v) is 11.7. The summed E-state index contributed by atoms with van der Waals surface area (Å²) in [5, 5.41) is 7.82. The number of fused-ring (bicyclic) bond motifs is 7. The van der Waals surface area contributed by atoms with E-state index in [4.69, 9.17) is 4.99 Å². The highest BCUT2D eigenvalue weighted by atomic mass is 32.1. The van der Waals surface area contributed by atoms with Gasteiger partial charge in [-0.1, -0.05) is 177 Å². The molecule has 3 heterocycles. The maximum atomic E-state index is 5.61. The first kappa shape index (κ1) is 34.1. The zero-order valence-corrected chi connectivity index (χ0v) is 33.3. The molecule has 1 nitrogen and oxygen atoms in total. The van der Waals surface area contributed by atoms with Crippen LogP contribution in [0.1, 0.15) is 42.4 Å². The van der Waals surface area contributed by atoms with Gasteiger partial charge in [-0.2, -0.15) is 0 Å². The third-order valence-corrected chi connectivity index (χ3v) is 14.5. The molecule has 0 bridgehead atoms. The van der Waals surface area contributed by atoms with Crippen LogP contribution in [0.25, 0.3) is 79.1 Å². The average molecular weight is 766 g/mol. The maximum Gasteiger partial charge on any atom is 0.0671 e. The molecule has 2 aromatic heterocycles. The third-order valence-electron chi connectivity index (χ3n) is 12.0. The quantitative estimate of drug-likeness (QED) is 0.160. The van der Waals surface area contributed by atoms with E-state index in [1.165, 1.54) is 84.5 Å². The highest BCUT2D eigenvalue weighted by Gasteiger charge is 2.28. The van der Waals surface area contributed by atoms with Gasteiger partial charge in [0.15, 0.2) is 0 Å². The molecule has 1 aliphatic rings. The molecule has 0 saturated carbocycles. The SMILES string of the molecule is CCC1CC(c2cccc3ccccc23)=NC(c2ccccc2)=CC1c1cc(-c2cccc3c2sc2ccccc23)cc(-c2cccc3c2sc2ccccc23)c1. The first-order valence-corrected chi connectivity index (χ1v) is 21.6. The smallest absolute Gasteiger partial charge is 0.0671 e. The minimum atomic E-state index is 0.142. The molecule has 0 aliphatic carbocycles. The molecular weight excluding hydrogens is 727 g/mol. The fraction of sp³-hybridized carbons (Fsp3) is 0.0926. The molecular formula is C54H39NS2. The zero-order chi connectivity index (χ0) is 37.9. The summed E-state index contributed by atoms with van der Waals surface area (Å²) >= 11 is 3.82. The molecule has 0 radical (unpaired) electrons. The normalized spacial score (nSPS) is 16.0. The number of hydrogen-bond donors (Lipinski definition) is 0. The minimum Gasteiger partial charge on any atom is -0.252 e. The van der Waals surface area contributed by atoms with E-state index in [1.807, 2.05) is 22.7 Å². The second kappa shape index (κ2) is 14.1. The van der Waals surface area contributed by atoms with Gasteiger partial charge in [-0.15, -0.1) is 22.7 Å². The number of nitrogens with zero attached hydrogens (tertiary/aromatic N) is 1. The number of hydrogen-bond acceptors (Lipinski definition) is 3. The van der Waals surface area contributed by atoms with Gasteiger partial charge in [-0.05, 0) is 74.7 Å². The lowest BCUT2D eigenvalue weighted by Crippen LogP contribution is -2.15. The van der Waals surface area contributed by atoms with Crippen LogP contribution in [0.3, 0.4) is 0 Å². The van der Waals surface area contributed by atoms with Gasteiger partial charge in [0.2, 0.25) is 0 Å². The van der Waals surface area contributed by atoms with E-state index < -0.39 is 0 Å². The van der Waals surface area contributed by atoms with Gasteiger partial charge in [0.25, 0.3) is 0 Å². The molecule has 57 heavy (non-hydrogen) atoms. The van der Waals surface area contributed by atoms with Crippen molar-refractivity contribution in [1.82, 2.24) is 0 Å². The van der Waals surface area contributed by atoms with E-state index in [0.29, 0.717) is 5.92 Å². The van der Waals surface area contributed by atoms with Crippen molar-refractivity contribution in [3.05, 3.63) is 199 Å². The van der Waals surface area contributed by atoms with Crippen LogP contribution in [0.15, 0.2) is 187 Å². The highest BCUT2D eigenvalue weighted by molar-refractivity contribution is 7.26. The zero-order valence-electron chi connectivity index (χ0n) is 31.7. The fourth-order valence-electron chi connectivity index (χ4n) is 9.20. The molecule has 2 atom stereocenters. The van der Waals surface area contributed by atoms with Crippen LogP contribution < -0.4 is 0 Å². The Hall–Kier alpha value is -6.13. The van der Waals surface area contributed by atoms with Crippen LogP contribution in [0.4, 0.5) is 0 Å². The number of thiophene rings is 2. The van der Waals surface area contributed by atoms with Crippen LogP contribution in [0.5, 0.6) is 0 Å². The number of aliphatic imine (C=N–C) groups is 1. The summed E-state index contributed by atoms with van der Waals surface area (Å²) in [6.45, 7) is 2.36. The Morgan fingerprint density at radius 3 is 1.67 bits per heavy atom. The van der Waals surface area contributed by atoms with Gasteiger partial charge in [-0.25, -0.2) is 0 Å². The van der Waals surface area contributed by atoms with Crippen molar-refractivity contribution in [3.8, 4) is 22.3 Å². The largest absolute Gasteiger partial charge is 0.252 e. The molecule has 10 aromatic rings. The van der Waals surface area contributed by atoms with Crippen LogP contribution in [0, 0.1) is 5.92 Å². The van der Waals surface area contributed by atoms with E-state index in [1.54, 1.807) is 0 Å². The second-order valence-electron chi connectivity index (χ2n) is 15.3. The summed E-state index contributed by atoms with van der Waals surface area (Å²) in [7, 11) is 0. The van der Waals surface area contributed by atoms with Crippen LogP contribution in [-0.2, 0) is 0 Å². The van der Waals surface area contributed by atoms with Crippen LogP contribution >= 0.6 is 22.7 Å². The lowest BCUT2D eigenvalue weighted by Gasteiger charge is -2.25. The summed E-state index contributed by atoms with van der Waals surface area (Å²) in [5.41, 5.74) is 11.1. The molecule has 11 rings (SSSR count). The predicted octanol–water partition coefficient (Wildman–Crippen LogP) is 16.0. The van der Waals surface area contributed by atoms with Gasteiger partial charge in [-0.3, -0.25) is 4.99 Å². The first-order valence-electron chi connectivity index (χ1n) is 20.0. The Kier molecular flexibility index (Phi) is 8.45. The van der Waals surface area contributed by atoms with Crippen molar-refractivity contribution in [2.24, 2.45) is 10.9 Å². The molecule has 272 valence electrons. The number of benzene rings is 8. The second-order valence-corrected chi connectivity index (χ2v) is 17.4. The predicted molar refractivity (Wildman–Crippen MR) is 249 cm³/mol. The van der Waals surface area contributed by atoms with Crippen molar-refractivity contribution < 1.29 is 0 Å². The summed E-state index contributed by atoms with van der Waals surface area (Å²) in [6.07, 6.45) is 4.41. The standard InChI is InChI=1S/C54H39NS2/c1-2-34-32-50(43-24-12-18-35-15-6-7-19-40(35)43)55-49(36-16-4-3-5-17-36)33-48(34)39-30-37(41-22-13-25-46-44-20-8-10-27-51(44)56-53(41)46)29-38(31-39)42-23-14-26-47-45-21-9-11-28-52(45)57-54(42)47/h3-31,33-34,48H,2,32H2,1H3. The van der Waals surface area contributed by atoms with Crippen molar-refractivity contribution in [2.45, 2.75) is 25.7 Å². The maximum absolute atomic E-state index is 5.61. The molecule has 0 saturated heterocycles. The minimum absolute atomic E-state index is 0.142. The number of allylic oxidation sites excluding steroid dienone is 1. The molecule has 0 spiro atoms. The molecule has 0 N–H and O–H groups in total. The monoisotopic (exact) mass is 765 g/mol. The van der Waals surface area contributed by atoms with Gasteiger partial charge in [0.1, 0.15) is 0 Å². The molecule has 0 amide bonds. The molecule has 3 heteroatoms. The van der Waals surface area contributed by atoms with Crippen molar-refractivity contribution in [2.75, 3.05) is 0 Å². The van der Waals surface area contributed by atoms with Crippen molar-refractivity contribution in [3.63, 3.8) is 0 Å².